The maximum absolute atomic E-state index is 12.4. The van der Waals surface area contributed by atoms with Gasteiger partial charge in [-0.1, -0.05) is 27.7 Å². The molecule has 0 aromatic heterocycles. The number of cyclic esters (lactones) is 1. The lowest BCUT2D eigenvalue weighted by Crippen LogP contribution is -2.38. The Kier molecular flexibility index (Phi) is 8.90. The quantitative estimate of drug-likeness (QED) is 0.714. The molecule has 1 aliphatic rings. The highest BCUT2D eigenvalue weighted by molar-refractivity contribution is 5.72. The lowest BCUT2D eigenvalue weighted by atomic mass is 9.87. The first-order valence-corrected chi connectivity index (χ1v) is 10.2. The van der Waals surface area contributed by atoms with Crippen molar-refractivity contribution < 1.29 is 14.6 Å². The van der Waals surface area contributed by atoms with E-state index in [1.807, 2.05) is 13.8 Å². The van der Waals surface area contributed by atoms with Gasteiger partial charge in [-0.15, -0.1) is 0 Å². The molecule has 1 rings (SSSR count). The van der Waals surface area contributed by atoms with Crippen LogP contribution in [-0.4, -0.2) is 47.3 Å². The average Bonchev–Trinajstić information content (AvgIpc) is 2.50. The molecule has 0 bridgehead atoms. The van der Waals surface area contributed by atoms with E-state index in [4.69, 9.17) is 4.74 Å². The highest BCUT2D eigenvalue weighted by atomic mass is 16.5. The maximum atomic E-state index is 12.4. The normalized spacial score (nSPS) is 40.8. The first kappa shape index (κ1) is 22.4. The van der Waals surface area contributed by atoms with E-state index >= 15 is 0 Å². The zero-order valence-corrected chi connectivity index (χ0v) is 17.5. The summed E-state index contributed by atoms with van der Waals surface area (Å²) in [7, 11) is 2.16. The summed E-state index contributed by atoms with van der Waals surface area (Å²) >= 11 is 0. The van der Waals surface area contributed by atoms with Crippen molar-refractivity contribution in [2.45, 2.75) is 97.8 Å². The van der Waals surface area contributed by atoms with E-state index in [0.29, 0.717) is 17.9 Å². The molecule has 1 aliphatic heterocycles. The van der Waals surface area contributed by atoms with Crippen molar-refractivity contribution in [1.82, 2.24) is 4.90 Å². The van der Waals surface area contributed by atoms with Gasteiger partial charge in [-0.2, -0.15) is 0 Å². The van der Waals surface area contributed by atoms with E-state index < -0.39 is 5.60 Å². The first-order valence-electron chi connectivity index (χ1n) is 10.2. The molecule has 4 unspecified atom stereocenters. The Hall–Kier alpha value is -0.610. The molecule has 0 amide bonds. The second kappa shape index (κ2) is 9.91. The van der Waals surface area contributed by atoms with E-state index in [0.717, 1.165) is 45.1 Å². The maximum Gasteiger partial charge on any atom is 0.308 e. The number of carbonyl (C=O) groups excluding carboxylic acids is 1. The molecule has 1 N–H and O–H groups in total. The van der Waals surface area contributed by atoms with Crippen molar-refractivity contribution in [3.05, 3.63) is 0 Å². The molecule has 0 spiro atoms. The Bertz CT molecular complexity index is 410. The van der Waals surface area contributed by atoms with Crippen LogP contribution in [0.2, 0.25) is 0 Å². The third-order valence-corrected chi connectivity index (χ3v) is 5.91. The Morgan fingerprint density at radius 1 is 1.28 bits per heavy atom. The molecule has 4 nitrogen and oxygen atoms in total. The lowest BCUT2D eigenvalue weighted by molar-refractivity contribution is -0.157. The molecule has 0 saturated carbocycles. The highest BCUT2D eigenvalue weighted by Gasteiger charge is 2.29. The van der Waals surface area contributed by atoms with E-state index in [-0.39, 0.29) is 18.0 Å². The topological polar surface area (TPSA) is 49.8 Å². The van der Waals surface area contributed by atoms with Crippen LogP contribution in [0.5, 0.6) is 0 Å². The Balaban J connectivity index is 2.90. The molecule has 1 heterocycles. The first-order chi connectivity index (χ1) is 11.6. The predicted molar refractivity (Wildman–Crippen MR) is 103 cm³/mol. The zero-order chi connectivity index (χ0) is 19.2. The third kappa shape index (κ3) is 7.65. The van der Waals surface area contributed by atoms with Gasteiger partial charge in [0.1, 0.15) is 6.10 Å². The van der Waals surface area contributed by atoms with Crippen molar-refractivity contribution in [1.29, 1.82) is 0 Å². The van der Waals surface area contributed by atoms with Gasteiger partial charge in [0.15, 0.2) is 0 Å². The van der Waals surface area contributed by atoms with Gasteiger partial charge in [-0.25, -0.2) is 0 Å². The van der Waals surface area contributed by atoms with Crippen molar-refractivity contribution in [2.75, 3.05) is 13.6 Å². The second-order valence-corrected chi connectivity index (χ2v) is 8.98. The van der Waals surface area contributed by atoms with Gasteiger partial charge in [-0.3, -0.25) is 4.79 Å². The van der Waals surface area contributed by atoms with Crippen LogP contribution in [-0.2, 0) is 9.53 Å². The summed E-state index contributed by atoms with van der Waals surface area (Å²) in [6.45, 7) is 13.6. The zero-order valence-electron chi connectivity index (χ0n) is 17.5. The van der Waals surface area contributed by atoms with Crippen LogP contribution >= 0.6 is 0 Å². The van der Waals surface area contributed by atoms with Crippen LogP contribution in [0.25, 0.3) is 0 Å². The SMILES string of the molecule is CC[C@H]1OC(=O)C(C)CCCC(C)(O)C[C@@H](C)CN(C)C(C)CC1C. The van der Waals surface area contributed by atoms with Gasteiger partial charge in [0, 0.05) is 12.6 Å². The van der Waals surface area contributed by atoms with Crippen LogP contribution in [0, 0.1) is 17.8 Å². The average molecular weight is 356 g/mol. The fourth-order valence-electron chi connectivity index (χ4n) is 4.23. The molecule has 1 saturated heterocycles. The number of esters is 1. The van der Waals surface area contributed by atoms with Crippen molar-refractivity contribution in [2.24, 2.45) is 17.8 Å². The molecule has 0 aliphatic carbocycles. The summed E-state index contributed by atoms with van der Waals surface area (Å²) < 4.78 is 5.84. The van der Waals surface area contributed by atoms with Gasteiger partial charge in [-0.05, 0) is 71.3 Å². The van der Waals surface area contributed by atoms with E-state index in [2.05, 4.69) is 39.6 Å². The van der Waals surface area contributed by atoms with Crippen LogP contribution < -0.4 is 0 Å². The fraction of sp³-hybridized carbons (Fsp3) is 0.952. The number of rotatable bonds is 1. The van der Waals surface area contributed by atoms with Gasteiger partial charge >= 0.3 is 5.97 Å². The van der Waals surface area contributed by atoms with E-state index in [9.17, 15) is 9.90 Å². The molecule has 148 valence electrons. The van der Waals surface area contributed by atoms with Crippen LogP contribution in [0.3, 0.4) is 0 Å². The summed E-state index contributed by atoms with van der Waals surface area (Å²) in [5.41, 5.74) is -0.660. The monoisotopic (exact) mass is 355 g/mol. The summed E-state index contributed by atoms with van der Waals surface area (Å²) in [5.74, 6) is 0.615. The summed E-state index contributed by atoms with van der Waals surface area (Å²) in [6, 6.07) is 0.428. The van der Waals surface area contributed by atoms with Crippen LogP contribution in [0.15, 0.2) is 0 Å². The summed E-state index contributed by atoms with van der Waals surface area (Å²) in [6.07, 6.45) is 5.05. The Morgan fingerprint density at radius 2 is 1.92 bits per heavy atom. The minimum Gasteiger partial charge on any atom is -0.462 e. The minimum absolute atomic E-state index is 0.00328. The van der Waals surface area contributed by atoms with Crippen molar-refractivity contribution in [3.8, 4) is 0 Å². The number of aliphatic hydroxyl groups is 1. The predicted octanol–water partition coefficient (Wildman–Crippen LogP) is 4.25. The Morgan fingerprint density at radius 3 is 2.52 bits per heavy atom. The van der Waals surface area contributed by atoms with Crippen molar-refractivity contribution >= 4 is 5.97 Å². The Labute approximate surface area is 155 Å². The summed E-state index contributed by atoms with van der Waals surface area (Å²) in [5, 5.41) is 10.7. The van der Waals surface area contributed by atoms with E-state index in [1.54, 1.807) is 0 Å². The molecule has 0 aromatic rings. The minimum atomic E-state index is -0.660. The number of hydrogen-bond donors (Lipinski definition) is 1. The van der Waals surface area contributed by atoms with Gasteiger partial charge in [0.25, 0.3) is 0 Å². The number of nitrogens with zero attached hydrogens (tertiary/aromatic N) is 1. The molecule has 4 heteroatoms. The fourth-order valence-corrected chi connectivity index (χ4v) is 4.23. The summed E-state index contributed by atoms with van der Waals surface area (Å²) in [4.78, 5) is 14.8. The van der Waals surface area contributed by atoms with Gasteiger partial charge < -0.3 is 14.7 Å². The molecular formula is C21H41NO3. The van der Waals surface area contributed by atoms with Crippen LogP contribution in [0.1, 0.15) is 80.1 Å². The van der Waals surface area contributed by atoms with Gasteiger partial charge in [0.05, 0.1) is 11.5 Å². The number of carbonyl (C=O) groups is 1. The highest BCUT2D eigenvalue weighted by Crippen LogP contribution is 2.27. The van der Waals surface area contributed by atoms with E-state index in [1.165, 1.54) is 0 Å². The molecule has 25 heavy (non-hydrogen) atoms. The largest absolute Gasteiger partial charge is 0.462 e. The number of hydrogen-bond acceptors (Lipinski definition) is 4. The smallest absolute Gasteiger partial charge is 0.308 e. The number of ether oxygens (including phenoxy) is 1. The molecule has 0 aromatic carbocycles. The van der Waals surface area contributed by atoms with Crippen molar-refractivity contribution in [3.63, 3.8) is 0 Å². The molecule has 0 radical (unpaired) electrons. The molecule has 1 fully saturated rings. The third-order valence-electron chi connectivity index (χ3n) is 5.91. The lowest BCUT2D eigenvalue weighted by Gasteiger charge is -2.33. The van der Waals surface area contributed by atoms with Crippen LogP contribution in [0.4, 0.5) is 0 Å². The standard InChI is InChI=1S/C21H41NO3/c1-8-19-17(4)12-18(5)22(7)14-15(2)13-21(6,24)11-9-10-16(3)20(23)25-19/h15-19,24H,8-14H2,1-7H3/t15-,16?,17?,18?,19-,21?/m1/s1. The molecule has 6 atom stereocenters. The molecular weight excluding hydrogens is 314 g/mol. The second-order valence-electron chi connectivity index (χ2n) is 8.98. The van der Waals surface area contributed by atoms with Gasteiger partial charge in [0.2, 0.25) is 0 Å².